The van der Waals surface area contributed by atoms with Gasteiger partial charge in [-0.2, -0.15) is 0 Å². The van der Waals surface area contributed by atoms with Gasteiger partial charge in [-0.15, -0.1) is 0 Å². The number of nitrogens with zero attached hydrogens (tertiary/aromatic N) is 3. The Morgan fingerprint density at radius 1 is 1.16 bits per heavy atom. The van der Waals surface area contributed by atoms with E-state index in [0.717, 1.165) is 11.8 Å². The summed E-state index contributed by atoms with van der Waals surface area (Å²) in [5, 5.41) is 28.4. The summed E-state index contributed by atoms with van der Waals surface area (Å²) in [5.41, 5.74) is 6.02. The van der Waals surface area contributed by atoms with Crippen LogP contribution in [-0.2, 0) is 35.1 Å². The maximum absolute atomic E-state index is 11.9. The molecular weight excluding hydrogens is 602 g/mol. The molecule has 0 aliphatic rings. The Kier molecular flexibility index (Phi) is 19.0. The summed E-state index contributed by atoms with van der Waals surface area (Å²) in [7, 11) is 0. The number of nitrogens with one attached hydrogen (secondary N) is 1. The molecule has 0 aromatic carbocycles. The fourth-order valence-corrected chi connectivity index (χ4v) is 3.81. The molecule has 17 heteroatoms. The van der Waals surface area contributed by atoms with Crippen molar-refractivity contribution >= 4 is 47.3 Å². The predicted octanol–water partition coefficient (Wildman–Crippen LogP) is 1.97. The summed E-state index contributed by atoms with van der Waals surface area (Å²) in [5.74, 6) is -0.908. The minimum absolute atomic E-state index is 0.0274. The number of aryl methyl sites for hydroxylation is 1. The Bertz CT molecular complexity index is 1150. The van der Waals surface area contributed by atoms with Crippen molar-refractivity contribution in [2.24, 2.45) is 5.41 Å². The third kappa shape index (κ3) is 15.5. The van der Waals surface area contributed by atoms with E-state index in [4.69, 9.17) is 30.2 Å². The summed E-state index contributed by atoms with van der Waals surface area (Å²) in [6, 6.07) is 0. The van der Waals surface area contributed by atoms with Gasteiger partial charge in [-0.3, -0.25) is 14.4 Å². The van der Waals surface area contributed by atoms with E-state index in [2.05, 4.69) is 15.3 Å². The van der Waals surface area contributed by atoms with Crippen LogP contribution in [0.5, 0.6) is 0 Å². The van der Waals surface area contributed by atoms with Crippen LogP contribution >= 0.6 is 11.8 Å². The molecule has 0 bridgehead atoms. The first-order valence-electron chi connectivity index (χ1n) is 13.6. The smallest absolute Gasteiger partial charge is 0.481 e. The van der Waals surface area contributed by atoms with Gasteiger partial charge in [0.2, 0.25) is 12.3 Å². The molecule has 0 radical (unpaired) electrons. The van der Waals surface area contributed by atoms with Crippen molar-refractivity contribution in [2.45, 2.75) is 67.0 Å². The number of rotatable bonds is 16. The lowest BCUT2D eigenvalue weighted by molar-refractivity contribution is -0.138. The van der Waals surface area contributed by atoms with Gasteiger partial charge >= 0.3 is 17.4 Å². The van der Waals surface area contributed by atoms with Gasteiger partial charge in [0, 0.05) is 40.7 Å². The number of nitrogen functional groups attached to an aromatic ring is 1. The summed E-state index contributed by atoms with van der Waals surface area (Å²) < 4.78 is 14.6. The number of nitrogens with two attached hydrogens (primary N) is 1. The van der Waals surface area contributed by atoms with Crippen molar-refractivity contribution in [2.75, 3.05) is 38.7 Å². The van der Waals surface area contributed by atoms with Gasteiger partial charge in [-0.05, 0) is 39.5 Å². The second-order valence-electron chi connectivity index (χ2n) is 9.62. The lowest BCUT2D eigenvalue weighted by Gasteiger charge is -2.26. The Hall–Kier alpha value is -3.96. The number of aliphatic hydroxyl groups is 2. The molecular formula is C27H43N5O11S. The number of ether oxygens (including phenoxy) is 3. The molecule has 0 aliphatic carbocycles. The van der Waals surface area contributed by atoms with Crippen LogP contribution in [0.1, 0.15) is 58.8 Å². The van der Waals surface area contributed by atoms with Crippen LogP contribution in [-0.4, -0.2) is 99.0 Å². The number of allylic oxidation sites excluding steroid dienone is 1. The first-order chi connectivity index (χ1) is 20.6. The number of carboxylic acid groups (broad SMARTS) is 1. The van der Waals surface area contributed by atoms with Crippen molar-refractivity contribution in [3.05, 3.63) is 28.2 Å². The van der Waals surface area contributed by atoms with E-state index in [0.29, 0.717) is 28.4 Å². The SMILES string of the molecule is CC(C)(CO)[C@@H](O)C(=O)NCCC(=O)O.CCOC(=O)OCC/C(SC(=O)OCC)=C(\C)N(C=O)Cc1cnc(C)nc1N. The lowest BCUT2D eigenvalue weighted by Crippen LogP contribution is -2.45. The highest BCUT2D eigenvalue weighted by atomic mass is 32.2. The van der Waals surface area contributed by atoms with Crippen LogP contribution in [0.3, 0.4) is 0 Å². The van der Waals surface area contributed by atoms with E-state index in [-0.39, 0.29) is 58.2 Å². The zero-order chi connectivity index (χ0) is 33.9. The van der Waals surface area contributed by atoms with Gasteiger partial charge in [0.15, 0.2) is 0 Å². The second-order valence-corrected chi connectivity index (χ2v) is 10.7. The molecule has 1 atom stereocenters. The minimum Gasteiger partial charge on any atom is -0.481 e. The van der Waals surface area contributed by atoms with Gasteiger partial charge in [0.05, 0.1) is 39.4 Å². The van der Waals surface area contributed by atoms with Crippen LogP contribution in [0.4, 0.5) is 15.4 Å². The summed E-state index contributed by atoms with van der Waals surface area (Å²) in [6.07, 6.45) is 0.00518. The predicted molar refractivity (Wildman–Crippen MR) is 160 cm³/mol. The van der Waals surface area contributed by atoms with E-state index in [1.54, 1.807) is 33.9 Å². The van der Waals surface area contributed by atoms with Crippen molar-refractivity contribution < 1.29 is 53.5 Å². The summed E-state index contributed by atoms with van der Waals surface area (Å²) in [6.45, 7) is 9.94. The molecule has 1 heterocycles. The second kappa shape index (κ2) is 20.9. The molecule has 248 valence electrons. The molecule has 0 unspecified atom stereocenters. The molecule has 16 nitrogen and oxygen atoms in total. The number of hydrogen-bond acceptors (Lipinski definition) is 14. The standard InChI is InChI=1S/C18H26N4O6S.C9H17NO5/c1-5-26-17(24)28-8-7-15(29-18(25)27-6-2)12(3)22(11-23)10-14-9-20-13(4)21-16(14)19;1-9(2,5-11)7(14)8(15)10-4-3-6(12)13/h9,11H,5-8,10H2,1-4H3,(H2,19,20,21);7,11,14H,3-5H2,1-2H3,(H,10,15)(H,12,13)/b15-12-;/t;7-/m.0/s1. The molecule has 2 amide bonds. The molecule has 44 heavy (non-hydrogen) atoms. The summed E-state index contributed by atoms with van der Waals surface area (Å²) >= 11 is 0.827. The van der Waals surface area contributed by atoms with Gasteiger partial charge < -0.3 is 45.5 Å². The van der Waals surface area contributed by atoms with E-state index >= 15 is 0 Å². The van der Waals surface area contributed by atoms with Gasteiger partial charge in [-0.25, -0.2) is 19.6 Å². The number of carbonyl (C=O) groups is 5. The highest BCUT2D eigenvalue weighted by Gasteiger charge is 2.32. The number of anilines is 1. The Morgan fingerprint density at radius 3 is 2.32 bits per heavy atom. The Morgan fingerprint density at radius 2 is 1.80 bits per heavy atom. The third-order valence-corrected chi connectivity index (χ3v) is 6.67. The normalized spacial score (nSPS) is 12.0. The molecule has 1 rings (SSSR count). The lowest BCUT2D eigenvalue weighted by atomic mass is 9.87. The van der Waals surface area contributed by atoms with E-state index in [9.17, 15) is 29.1 Å². The highest BCUT2D eigenvalue weighted by molar-refractivity contribution is 8.16. The van der Waals surface area contributed by atoms with E-state index in [1.165, 1.54) is 18.7 Å². The highest BCUT2D eigenvalue weighted by Crippen LogP contribution is 2.28. The van der Waals surface area contributed by atoms with Crippen LogP contribution in [0.25, 0.3) is 0 Å². The fraction of sp³-hybridized carbons (Fsp3) is 0.593. The van der Waals surface area contributed by atoms with Crippen molar-refractivity contribution in [3.8, 4) is 0 Å². The van der Waals surface area contributed by atoms with Crippen molar-refractivity contribution in [1.29, 1.82) is 0 Å². The molecule has 0 fully saturated rings. The van der Waals surface area contributed by atoms with Gasteiger partial charge in [0.25, 0.3) is 0 Å². The number of carboxylic acids is 1. The minimum atomic E-state index is -1.35. The number of thioether (sulfide) groups is 1. The van der Waals surface area contributed by atoms with E-state index in [1.807, 2.05) is 0 Å². The number of aromatic nitrogens is 2. The van der Waals surface area contributed by atoms with Crippen LogP contribution in [0.2, 0.25) is 0 Å². The molecule has 0 saturated carbocycles. The monoisotopic (exact) mass is 645 g/mol. The quantitative estimate of drug-likeness (QED) is 0.127. The first kappa shape index (κ1) is 40.0. The van der Waals surface area contributed by atoms with Gasteiger partial charge in [-0.1, -0.05) is 13.8 Å². The van der Waals surface area contributed by atoms with E-state index < -0.39 is 34.9 Å². The third-order valence-electron chi connectivity index (χ3n) is 5.63. The molecule has 1 aromatic heterocycles. The number of aliphatic hydroxyl groups excluding tert-OH is 2. The maximum atomic E-state index is 11.9. The molecule has 0 aliphatic heterocycles. The number of aliphatic carboxylic acids is 1. The maximum Gasteiger partial charge on any atom is 0.508 e. The van der Waals surface area contributed by atoms with Crippen LogP contribution in [0.15, 0.2) is 16.8 Å². The fourth-order valence-electron chi connectivity index (χ4n) is 2.98. The molecule has 1 aromatic rings. The van der Waals surface area contributed by atoms with Crippen LogP contribution < -0.4 is 11.1 Å². The van der Waals surface area contributed by atoms with Crippen LogP contribution in [0, 0.1) is 12.3 Å². The molecule has 0 saturated heterocycles. The van der Waals surface area contributed by atoms with Gasteiger partial charge in [0.1, 0.15) is 17.7 Å². The number of hydrogen-bond donors (Lipinski definition) is 5. The Labute approximate surface area is 260 Å². The molecule has 6 N–H and O–H groups in total. The topological polar surface area (TPSA) is 241 Å². The largest absolute Gasteiger partial charge is 0.508 e. The average molecular weight is 646 g/mol. The first-order valence-corrected chi connectivity index (χ1v) is 14.4. The van der Waals surface area contributed by atoms with Crippen molar-refractivity contribution in [3.63, 3.8) is 0 Å². The Balaban J connectivity index is 0.00000104. The molecule has 0 spiro atoms. The zero-order valence-corrected chi connectivity index (χ0v) is 26.6. The zero-order valence-electron chi connectivity index (χ0n) is 25.8. The average Bonchev–Trinajstić information content (AvgIpc) is 2.96. The number of carbonyl (C=O) groups excluding carboxylic acids is 4. The van der Waals surface area contributed by atoms with Crippen molar-refractivity contribution in [1.82, 2.24) is 20.2 Å². The summed E-state index contributed by atoms with van der Waals surface area (Å²) in [4.78, 5) is 66.5. The number of amides is 2.